The normalized spacial score (nSPS) is 11.2. The number of carbonyl (C=O) groups is 1. The average molecular weight is 442 g/mol. The zero-order valence-electron chi connectivity index (χ0n) is 19.6. The molecule has 0 atom stereocenters. The van der Waals surface area contributed by atoms with Crippen molar-refractivity contribution < 1.29 is 14.3 Å². The maximum atomic E-state index is 11.8. The SMILES string of the molecule is CN=C(NCc1ccc(NC(=O)NC(C)C)cc1)NCc1ccc(C)cc1OCCOC. The van der Waals surface area contributed by atoms with Crippen molar-refractivity contribution in [3.63, 3.8) is 0 Å². The summed E-state index contributed by atoms with van der Waals surface area (Å²) in [6.45, 7) is 8.11. The molecule has 0 spiro atoms. The first-order valence-corrected chi connectivity index (χ1v) is 10.7. The highest BCUT2D eigenvalue weighted by Crippen LogP contribution is 2.20. The van der Waals surface area contributed by atoms with Gasteiger partial charge >= 0.3 is 6.03 Å². The third-order valence-corrected chi connectivity index (χ3v) is 4.53. The molecule has 2 amide bonds. The number of nitrogens with zero attached hydrogens (tertiary/aromatic N) is 1. The van der Waals surface area contributed by atoms with Crippen molar-refractivity contribution in [3.8, 4) is 5.75 Å². The molecule has 0 radical (unpaired) electrons. The Hall–Kier alpha value is -3.26. The quantitative estimate of drug-likeness (QED) is 0.257. The van der Waals surface area contributed by atoms with Crippen LogP contribution in [0.4, 0.5) is 10.5 Å². The molecule has 0 aromatic heterocycles. The van der Waals surface area contributed by atoms with Crippen LogP contribution in [0.25, 0.3) is 0 Å². The van der Waals surface area contributed by atoms with Gasteiger partial charge in [-0.05, 0) is 50.1 Å². The predicted octanol–water partition coefficient (Wildman–Crippen LogP) is 3.42. The molecule has 8 nitrogen and oxygen atoms in total. The molecule has 2 aromatic rings. The van der Waals surface area contributed by atoms with Crippen LogP contribution in [-0.4, -0.2) is 45.4 Å². The van der Waals surface area contributed by atoms with Gasteiger partial charge in [0.1, 0.15) is 12.4 Å². The van der Waals surface area contributed by atoms with E-state index in [1.54, 1.807) is 14.2 Å². The molecule has 0 aliphatic rings. The van der Waals surface area contributed by atoms with Gasteiger partial charge in [0.05, 0.1) is 6.61 Å². The van der Waals surface area contributed by atoms with E-state index < -0.39 is 0 Å². The highest BCUT2D eigenvalue weighted by atomic mass is 16.5. The summed E-state index contributed by atoms with van der Waals surface area (Å²) in [6, 6.07) is 13.7. The lowest BCUT2D eigenvalue weighted by Gasteiger charge is -2.16. The van der Waals surface area contributed by atoms with Crippen molar-refractivity contribution in [2.75, 3.05) is 32.7 Å². The molecule has 0 heterocycles. The lowest BCUT2D eigenvalue weighted by molar-refractivity contribution is 0.145. The first kappa shape index (κ1) is 25.0. The highest BCUT2D eigenvalue weighted by molar-refractivity contribution is 5.89. The molecular formula is C24H35N5O3. The van der Waals surface area contributed by atoms with Crippen molar-refractivity contribution >= 4 is 17.7 Å². The van der Waals surface area contributed by atoms with Crippen LogP contribution in [0.3, 0.4) is 0 Å². The van der Waals surface area contributed by atoms with Gasteiger partial charge in [-0.1, -0.05) is 24.3 Å². The summed E-state index contributed by atoms with van der Waals surface area (Å²) in [7, 11) is 3.40. The number of rotatable bonds is 10. The number of hydrogen-bond acceptors (Lipinski definition) is 4. The van der Waals surface area contributed by atoms with Crippen LogP contribution in [0.1, 0.15) is 30.5 Å². The maximum Gasteiger partial charge on any atom is 0.319 e. The van der Waals surface area contributed by atoms with Crippen molar-refractivity contribution in [2.45, 2.75) is 39.9 Å². The monoisotopic (exact) mass is 441 g/mol. The number of urea groups is 1. The summed E-state index contributed by atoms with van der Waals surface area (Å²) in [5.41, 5.74) is 4.00. The van der Waals surface area contributed by atoms with Crippen molar-refractivity contribution in [1.82, 2.24) is 16.0 Å². The fourth-order valence-corrected chi connectivity index (χ4v) is 2.90. The summed E-state index contributed by atoms with van der Waals surface area (Å²) in [4.78, 5) is 16.1. The van der Waals surface area contributed by atoms with Gasteiger partial charge < -0.3 is 30.7 Å². The molecule has 0 unspecified atom stereocenters. The number of nitrogens with one attached hydrogen (secondary N) is 4. The van der Waals surface area contributed by atoms with E-state index in [0.717, 1.165) is 28.1 Å². The van der Waals surface area contributed by atoms with Crippen LogP contribution in [-0.2, 0) is 17.8 Å². The van der Waals surface area contributed by atoms with E-state index in [0.29, 0.717) is 32.3 Å². The lowest BCUT2D eigenvalue weighted by Crippen LogP contribution is -2.36. The molecule has 2 aromatic carbocycles. The fourth-order valence-electron chi connectivity index (χ4n) is 2.90. The number of amides is 2. The summed E-state index contributed by atoms with van der Waals surface area (Å²) in [5, 5.41) is 12.2. The Morgan fingerprint density at radius 2 is 1.75 bits per heavy atom. The molecule has 2 rings (SSSR count). The highest BCUT2D eigenvalue weighted by Gasteiger charge is 2.07. The van der Waals surface area contributed by atoms with Crippen LogP contribution < -0.4 is 26.0 Å². The van der Waals surface area contributed by atoms with E-state index in [9.17, 15) is 4.79 Å². The number of ether oxygens (including phenoxy) is 2. The van der Waals surface area contributed by atoms with Crippen molar-refractivity contribution in [2.24, 2.45) is 4.99 Å². The fraction of sp³-hybridized carbons (Fsp3) is 0.417. The molecule has 0 saturated heterocycles. The minimum Gasteiger partial charge on any atom is -0.491 e. The second-order valence-corrected chi connectivity index (χ2v) is 7.68. The molecule has 0 aliphatic heterocycles. The van der Waals surface area contributed by atoms with Crippen LogP contribution in [0.2, 0.25) is 0 Å². The summed E-state index contributed by atoms with van der Waals surface area (Å²) < 4.78 is 10.9. The van der Waals surface area contributed by atoms with Gasteiger partial charge in [-0.25, -0.2) is 4.79 Å². The van der Waals surface area contributed by atoms with E-state index in [2.05, 4.69) is 38.4 Å². The Morgan fingerprint density at radius 3 is 2.41 bits per heavy atom. The number of carbonyl (C=O) groups excluding carboxylic acids is 1. The van der Waals surface area contributed by atoms with Crippen molar-refractivity contribution in [3.05, 3.63) is 59.2 Å². The second-order valence-electron chi connectivity index (χ2n) is 7.68. The summed E-state index contributed by atoms with van der Waals surface area (Å²) in [5.74, 6) is 1.53. The van der Waals surface area contributed by atoms with Gasteiger partial charge in [-0.15, -0.1) is 0 Å². The summed E-state index contributed by atoms with van der Waals surface area (Å²) >= 11 is 0. The zero-order chi connectivity index (χ0) is 23.3. The van der Waals surface area contributed by atoms with Crippen LogP contribution in [0.15, 0.2) is 47.5 Å². The molecule has 0 aliphatic carbocycles. The number of aryl methyl sites for hydroxylation is 1. The third kappa shape index (κ3) is 8.85. The number of guanidine groups is 1. The summed E-state index contributed by atoms with van der Waals surface area (Å²) in [6.07, 6.45) is 0. The number of aliphatic imine (C=N–C) groups is 1. The molecule has 0 bridgehead atoms. The largest absolute Gasteiger partial charge is 0.491 e. The first-order valence-electron chi connectivity index (χ1n) is 10.7. The zero-order valence-corrected chi connectivity index (χ0v) is 19.6. The molecular weight excluding hydrogens is 406 g/mol. The predicted molar refractivity (Wildman–Crippen MR) is 129 cm³/mol. The van der Waals surface area contributed by atoms with E-state index >= 15 is 0 Å². The average Bonchev–Trinajstić information content (AvgIpc) is 2.75. The first-order chi connectivity index (χ1) is 15.4. The van der Waals surface area contributed by atoms with E-state index in [1.165, 1.54) is 0 Å². The Kier molecular flexibility index (Phi) is 10.3. The number of benzene rings is 2. The Bertz CT molecular complexity index is 882. The van der Waals surface area contributed by atoms with Gasteiger partial charge in [-0.2, -0.15) is 0 Å². The molecule has 174 valence electrons. The minimum atomic E-state index is -0.211. The van der Waals surface area contributed by atoms with Crippen LogP contribution in [0, 0.1) is 6.92 Å². The van der Waals surface area contributed by atoms with E-state index in [4.69, 9.17) is 9.47 Å². The molecule has 4 N–H and O–H groups in total. The van der Waals surface area contributed by atoms with Gasteiger partial charge in [-0.3, -0.25) is 4.99 Å². The van der Waals surface area contributed by atoms with Gasteiger partial charge in [0.15, 0.2) is 5.96 Å². The molecule has 0 saturated carbocycles. The van der Waals surface area contributed by atoms with Crippen molar-refractivity contribution in [1.29, 1.82) is 0 Å². The molecule has 8 heteroatoms. The Morgan fingerprint density at radius 1 is 1.03 bits per heavy atom. The smallest absolute Gasteiger partial charge is 0.319 e. The second kappa shape index (κ2) is 13.2. The number of methoxy groups -OCH3 is 1. The molecule has 0 fully saturated rings. The topological polar surface area (TPSA) is 96.0 Å². The number of anilines is 1. The Balaban J connectivity index is 1.86. The van der Waals surface area contributed by atoms with Crippen LogP contribution >= 0.6 is 0 Å². The van der Waals surface area contributed by atoms with Crippen LogP contribution in [0.5, 0.6) is 5.75 Å². The van der Waals surface area contributed by atoms with Gasteiger partial charge in [0, 0.05) is 44.5 Å². The van der Waals surface area contributed by atoms with E-state index in [-0.39, 0.29) is 12.1 Å². The van der Waals surface area contributed by atoms with Gasteiger partial charge in [0.2, 0.25) is 0 Å². The lowest BCUT2D eigenvalue weighted by atomic mass is 10.1. The number of hydrogen-bond donors (Lipinski definition) is 4. The Labute approximate surface area is 190 Å². The maximum absolute atomic E-state index is 11.8. The minimum absolute atomic E-state index is 0.0885. The standard InChI is InChI=1S/C24H35N5O3/c1-17(2)28-24(30)29-21-10-7-19(8-11-21)15-26-23(25-4)27-16-20-9-6-18(3)14-22(20)32-13-12-31-5/h6-11,14,17H,12-13,15-16H2,1-5H3,(H2,25,26,27)(H2,28,29,30). The third-order valence-electron chi connectivity index (χ3n) is 4.53. The van der Waals surface area contributed by atoms with Gasteiger partial charge in [0.25, 0.3) is 0 Å². The van der Waals surface area contributed by atoms with E-state index in [1.807, 2.05) is 51.1 Å². The molecule has 32 heavy (non-hydrogen) atoms.